The number of aromatic nitrogens is 2. The van der Waals surface area contributed by atoms with Gasteiger partial charge in [-0.1, -0.05) is 12.1 Å². The van der Waals surface area contributed by atoms with Gasteiger partial charge in [0.1, 0.15) is 11.6 Å². The molecule has 1 saturated heterocycles. The van der Waals surface area contributed by atoms with E-state index in [2.05, 4.69) is 16.5 Å². The Morgan fingerprint density at radius 3 is 2.88 bits per heavy atom. The van der Waals surface area contributed by atoms with Crippen molar-refractivity contribution in [2.75, 3.05) is 13.1 Å². The van der Waals surface area contributed by atoms with E-state index in [9.17, 15) is 9.90 Å². The number of hydrogen-bond acceptors (Lipinski definition) is 3. The number of nitrogens with zero attached hydrogens (tertiary/aromatic N) is 3. The second-order valence-electron chi connectivity index (χ2n) is 6.42. The highest BCUT2D eigenvalue weighted by Crippen LogP contribution is 2.26. The Morgan fingerprint density at radius 2 is 2.12 bits per heavy atom. The fourth-order valence-corrected chi connectivity index (χ4v) is 3.43. The first kappa shape index (κ1) is 16.6. The van der Waals surface area contributed by atoms with Crippen LogP contribution in [0.15, 0.2) is 36.7 Å². The van der Waals surface area contributed by atoms with Gasteiger partial charge in [-0.2, -0.15) is 0 Å². The molecule has 24 heavy (non-hydrogen) atoms. The third-order valence-electron chi connectivity index (χ3n) is 4.79. The Morgan fingerprint density at radius 1 is 1.33 bits per heavy atom. The van der Waals surface area contributed by atoms with E-state index in [4.69, 9.17) is 0 Å². The SMILES string of the molecule is CCn1ccnc1[C@H]1CCCN(C(=O)CCc2ccc(O)cc2)C1. The van der Waals surface area contributed by atoms with E-state index >= 15 is 0 Å². The van der Waals surface area contributed by atoms with Gasteiger partial charge in [-0.05, 0) is 43.9 Å². The molecular weight excluding hydrogens is 302 g/mol. The number of benzene rings is 1. The predicted molar refractivity (Wildman–Crippen MR) is 92.9 cm³/mol. The molecule has 1 amide bonds. The van der Waals surface area contributed by atoms with Gasteiger partial charge >= 0.3 is 0 Å². The first-order valence-corrected chi connectivity index (χ1v) is 8.74. The summed E-state index contributed by atoms with van der Waals surface area (Å²) in [5.41, 5.74) is 1.08. The van der Waals surface area contributed by atoms with Crippen LogP contribution in [0.2, 0.25) is 0 Å². The van der Waals surface area contributed by atoms with Crippen molar-refractivity contribution in [3.63, 3.8) is 0 Å². The van der Waals surface area contributed by atoms with E-state index in [0.29, 0.717) is 18.8 Å². The Kier molecular flexibility index (Phi) is 5.18. The number of amides is 1. The lowest BCUT2D eigenvalue weighted by atomic mass is 9.96. The zero-order chi connectivity index (χ0) is 16.9. The second kappa shape index (κ2) is 7.51. The minimum Gasteiger partial charge on any atom is -0.508 e. The average Bonchev–Trinajstić information content (AvgIpc) is 3.10. The molecule has 3 rings (SSSR count). The van der Waals surface area contributed by atoms with Gasteiger partial charge in [0.05, 0.1) is 0 Å². The van der Waals surface area contributed by atoms with Gasteiger partial charge in [0.15, 0.2) is 0 Å². The number of likely N-dealkylation sites (tertiary alicyclic amines) is 1. The quantitative estimate of drug-likeness (QED) is 0.918. The van der Waals surface area contributed by atoms with E-state index in [1.807, 2.05) is 29.4 Å². The summed E-state index contributed by atoms with van der Waals surface area (Å²) in [5, 5.41) is 9.32. The summed E-state index contributed by atoms with van der Waals surface area (Å²) < 4.78 is 2.18. The number of carbonyl (C=O) groups is 1. The lowest BCUT2D eigenvalue weighted by Gasteiger charge is -2.32. The number of imidazole rings is 1. The summed E-state index contributed by atoms with van der Waals surface area (Å²) in [6.07, 6.45) is 7.22. The molecule has 1 aliphatic heterocycles. The Bertz CT molecular complexity index is 678. The number of aryl methyl sites for hydroxylation is 2. The highest BCUT2D eigenvalue weighted by atomic mass is 16.3. The summed E-state index contributed by atoms with van der Waals surface area (Å²) in [6, 6.07) is 7.09. The Hall–Kier alpha value is -2.30. The molecule has 128 valence electrons. The molecule has 0 saturated carbocycles. The fraction of sp³-hybridized carbons (Fsp3) is 0.474. The van der Waals surface area contributed by atoms with Crippen LogP contribution in [0.4, 0.5) is 0 Å². The van der Waals surface area contributed by atoms with E-state index in [-0.39, 0.29) is 11.7 Å². The maximum atomic E-state index is 12.6. The fourth-order valence-electron chi connectivity index (χ4n) is 3.43. The lowest BCUT2D eigenvalue weighted by Crippen LogP contribution is -2.39. The molecule has 0 spiro atoms. The van der Waals surface area contributed by atoms with Crippen LogP contribution in [0.1, 0.15) is 43.5 Å². The normalized spacial score (nSPS) is 17.9. The Balaban J connectivity index is 1.58. The first-order valence-electron chi connectivity index (χ1n) is 8.74. The molecule has 1 atom stereocenters. The van der Waals surface area contributed by atoms with Gasteiger partial charge in [0.25, 0.3) is 0 Å². The van der Waals surface area contributed by atoms with E-state index in [1.54, 1.807) is 12.1 Å². The van der Waals surface area contributed by atoms with Crippen molar-refractivity contribution >= 4 is 5.91 Å². The maximum absolute atomic E-state index is 12.6. The molecule has 2 heterocycles. The number of carbonyl (C=O) groups excluding carboxylic acids is 1. The summed E-state index contributed by atoms with van der Waals surface area (Å²) in [7, 11) is 0. The summed E-state index contributed by atoms with van der Waals surface area (Å²) in [6.45, 7) is 4.65. The van der Waals surface area contributed by atoms with Crippen molar-refractivity contribution in [1.82, 2.24) is 14.5 Å². The van der Waals surface area contributed by atoms with Crippen LogP contribution in [0.25, 0.3) is 0 Å². The lowest BCUT2D eigenvalue weighted by molar-refractivity contribution is -0.132. The summed E-state index contributed by atoms with van der Waals surface area (Å²) in [5.74, 6) is 1.91. The van der Waals surface area contributed by atoms with Crippen LogP contribution in [0.5, 0.6) is 5.75 Å². The number of phenolic OH excluding ortho intramolecular Hbond substituents is 1. The molecular formula is C19H25N3O2. The molecule has 0 aliphatic carbocycles. The van der Waals surface area contributed by atoms with Crippen LogP contribution >= 0.6 is 0 Å². The maximum Gasteiger partial charge on any atom is 0.222 e. The minimum atomic E-state index is 0.211. The largest absolute Gasteiger partial charge is 0.508 e. The molecule has 1 N–H and O–H groups in total. The van der Waals surface area contributed by atoms with Crippen molar-refractivity contribution in [2.24, 2.45) is 0 Å². The molecule has 0 bridgehead atoms. The van der Waals surface area contributed by atoms with Crippen LogP contribution in [-0.2, 0) is 17.8 Å². The molecule has 1 fully saturated rings. The smallest absolute Gasteiger partial charge is 0.222 e. The molecule has 5 nitrogen and oxygen atoms in total. The van der Waals surface area contributed by atoms with Gasteiger partial charge in [-0.25, -0.2) is 4.98 Å². The van der Waals surface area contributed by atoms with Crippen molar-refractivity contribution < 1.29 is 9.90 Å². The minimum absolute atomic E-state index is 0.211. The molecule has 0 radical (unpaired) electrons. The van der Waals surface area contributed by atoms with Crippen molar-refractivity contribution in [1.29, 1.82) is 0 Å². The van der Waals surface area contributed by atoms with Gasteiger partial charge < -0.3 is 14.6 Å². The summed E-state index contributed by atoms with van der Waals surface area (Å²) >= 11 is 0. The van der Waals surface area contributed by atoms with Crippen LogP contribution in [0, 0.1) is 0 Å². The molecule has 1 aromatic carbocycles. The number of rotatable bonds is 5. The number of aromatic hydroxyl groups is 1. The standard InChI is InChI=1S/C19H25N3O2/c1-2-21-13-11-20-19(21)16-4-3-12-22(14-16)18(24)10-7-15-5-8-17(23)9-6-15/h5-6,8-9,11,13,16,23H,2-4,7,10,12,14H2,1H3/t16-/m0/s1. The van der Waals surface area contributed by atoms with Gasteiger partial charge in [-0.3, -0.25) is 4.79 Å². The number of hydrogen-bond donors (Lipinski definition) is 1. The zero-order valence-corrected chi connectivity index (χ0v) is 14.2. The van der Waals surface area contributed by atoms with Crippen molar-refractivity contribution in [3.05, 3.63) is 48.0 Å². The Labute approximate surface area is 142 Å². The molecule has 1 aromatic heterocycles. The predicted octanol–water partition coefficient (Wildman–Crippen LogP) is 2.95. The molecule has 5 heteroatoms. The third kappa shape index (κ3) is 3.78. The van der Waals surface area contributed by atoms with Crippen LogP contribution in [0.3, 0.4) is 0 Å². The monoisotopic (exact) mass is 327 g/mol. The van der Waals surface area contributed by atoms with Crippen molar-refractivity contribution in [2.45, 2.75) is 45.1 Å². The topological polar surface area (TPSA) is 58.4 Å². The number of phenols is 1. The van der Waals surface area contributed by atoms with Crippen LogP contribution < -0.4 is 0 Å². The summed E-state index contributed by atoms with van der Waals surface area (Å²) in [4.78, 5) is 19.1. The van der Waals surface area contributed by atoms with Crippen molar-refractivity contribution in [3.8, 4) is 5.75 Å². The number of piperidine rings is 1. The molecule has 0 unspecified atom stereocenters. The molecule has 2 aromatic rings. The van der Waals surface area contributed by atoms with Gasteiger partial charge in [-0.15, -0.1) is 0 Å². The second-order valence-corrected chi connectivity index (χ2v) is 6.42. The first-order chi connectivity index (χ1) is 11.7. The van der Waals surface area contributed by atoms with Gasteiger partial charge in [0.2, 0.25) is 5.91 Å². The van der Waals surface area contributed by atoms with E-state index in [1.165, 1.54) is 0 Å². The zero-order valence-electron chi connectivity index (χ0n) is 14.2. The average molecular weight is 327 g/mol. The highest BCUT2D eigenvalue weighted by Gasteiger charge is 2.26. The highest BCUT2D eigenvalue weighted by molar-refractivity contribution is 5.76. The molecule has 1 aliphatic rings. The third-order valence-corrected chi connectivity index (χ3v) is 4.79. The van der Waals surface area contributed by atoms with E-state index < -0.39 is 0 Å². The van der Waals surface area contributed by atoms with Gasteiger partial charge in [0, 0.05) is 44.4 Å². The van der Waals surface area contributed by atoms with Crippen LogP contribution in [-0.4, -0.2) is 38.6 Å². The van der Waals surface area contributed by atoms with E-state index in [0.717, 1.165) is 43.9 Å².